The van der Waals surface area contributed by atoms with Crippen LogP contribution in [0.3, 0.4) is 0 Å². The van der Waals surface area contributed by atoms with Gasteiger partial charge in [-0.3, -0.25) is 14.5 Å². The minimum Gasteiger partial charge on any atom is -0.454 e. The van der Waals surface area contributed by atoms with Gasteiger partial charge in [-0.25, -0.2) is 0 Å². The number of carbonyl (C=O) groups is 2. The van der Waals surface area contributed by atoms with Crippen molar-refractivity contribution in [2.45, 2.75) is 5.37 Å². The SMILES string of the molecule is O=C(Nc1cccc([C@@H]2SCC(=O)N2c2ccc3c(c2)OCO3)c1)c1ccccc1. The van der Waals surface area contributed by atoms with Crippen LogP contribution in [0.25, 0.3) is 0 Å². The van der Waals surface area contributed by atoms with E-state index in [1.165, 1.54) is 0 Å². The number of carbonyl (C=O) groups excluding carboxylic acids is 2. The largest absolute Gasteiger partial charge is 0.454 e. The second-order valence-corrected chi connectivity index (χ2v) is 7.98. The van der Waals surface area contributed by atoms with E-state index in [1.54, 1.807) is 28.8 Å². The Hall–Kier alpha value is -3.45. The van der Waals surface area contributed by atoms with Gasteiger partial charge in [-0.05, 0) is 42.0 Å². The van der Waals surface area contributed by atoms with Crippen LogP contribution in [-0.4, -0.2) is 24.4 Å². The van der Waals surface area contributed by atoms with Crippen LogP contribution in [0, 0.1) is 0 Å². The Bertz CT molecular complexity index is 1120. The first-order valence-corrected chi connectivity index (χ1v) is 10.5. The van der Waals surface area contributed by atoms with Crippen LogP contribution in [0.5, 0.6) is 11.5 Å². The smallest absolute Gasteiger partial charge is 0.255 e. The van der Waals surface area contributed by atoms with Crippen LogP contribution < -0.4 is 19.7 Å². The molecule has 0 spiro atoms. The Kier molecular flexibility index (Phi) is 4.80. The zero-order chi connectivity index (χ0) is 20.5. The van der Waals surface area contributed by atoms with E-state index in [4.69, 9.17) is 9.47 Å². The number of thioether (sulfide) groups is 1. The maximum absolute atomic E-state index is 12.7. The molecule has 1 atom stereocenters. The molecule has 1 fully saturated rings. The quantitative estimate of drug-likeness (QED) is 0.678. The van der Waals surface area contributed by atoms with E-state index >= 15 is 0 Å². The van der Waals surface area contributed by atoms with Gasteiger partial charge in [0.2, 0.25) is 12.7 Å². The monoisotopic (exact) mass is 418 g/mol. The van der Waals surface area contributed by atoms with Crippen molar-refractivity contribution < 1.29 is 19.1 Å². The molecule has 0 aromatic heterocycles. The van der Waals surface area contributed by atoms with Gasteiger partial charge >= 0.3 is 0 Å². The second kappa shape index (κ2) is 7.76. The molecule has 0 saturated carbocycles. The Labute approximate surface area is 177 Å². The number of nitrogens with zero attached hydrogens (tertiary/aromatic N) is 1. The van der Waals surface area contributed by atoms with Crippen LogP contribution in [-0.2, 0) is 4.79 Å². The Morgan fingerprint density at radius 3 is 2.67 bits per heavy atom. The van der Waals surface area contributed by atoms with Crippen LogP contribution >= 0.6 is 11.8 Å². The van der Waals surface area contributed by atoms with Gasteiger partial charge in [0.1, 0.15) is 5.37 Å². The average Bonchev–Trinajstić information content (AvgIpc) is 3.40. The minimum absolute atomic E-state index is 0.0302. The minimum atomic E-state index is -0.188. The summed E-state index contributed by atoms with van der Waals surface area (Å²) >= 11 is 1.56. The third-order valence-electron chi connectivity index (χ3n) is 4.97. The van der Waals surface area contributed by atoms with Crippen molar-refractivity contribution in [3.8, 4) is 11.5 Å². The van der Waals surface area contributed by atoms with E-state index in [1.807, 2.05) is 60.7 Å². The number of amides is 2. The first-order chi connectivity index (χ1) is 14.7. The summed E-state index contributed by atoms with van der Waals surface area (Å²) in [5.41, 5.74) is 2.98. The summed E-state index contributed by atoms with van der Waals surface area (Å²) in [6.45, 7) is 0.189. The molecule has 1 N–H and O–H groups in total. The van der Waals surface area contributed by atoms with Gasteiger partial charge in [0.15, 0.2) is 11.5 Å². The third-order valence-corrected chi connectivity index (χ3v) is 6.18. The average molecular weight is 418 g/mol. The van der Waals surface area contributed by atoms with Crippen molar-refractivity contribution in [2.24, 2.45) is 0 Å². The molecule has 3 aromatic rings. The normalized spacial score (nSPS) is 17.3. The number of ether oxygens (including phenoxy) is 2. The lowest BCUT2D eigenvalue weighted by Gasteiger charge is -2.25. The van der Waals surface area contributed by atoms with Crippen molar-refractivity contribution in [3.63, 3.8) is 0 Å². The van der Waals surface area contributed by atoms with Crippen LogP contribution in [0.15, 0.2) is 72.8 Å². The van der Waals surface area contributed by atoms with Crippen molar-refractivity contribution >= 4 is 35.0 Å². The molecule has 2 amide bonds. The van der Waals surface area contributed by atoms with Crippen molar-refractivity contribution in [3.05, 3.63) is 83.9 Å². The van der Waals surface area contributed by atoms with Crippen molar-refractivity contribution in [1.82, 2.24) is 0 Å². The molecule has 0 aliphatic carbocycles. The molecule has 5 rings (SSSR count). The molecule has 0 bridgehead atoms. The summed E-state index contributed by atoms with van der Waals surface area (Å²) in [6, 6.07) is 22.2. The molecule has 3 aromatic carbocycles. The maximum Gasteiger partial charge on any atom is 0.255 e. The van der Waals surface area contributed by atoms with E-state index in [2.05, 4.69) is 5.32 Å². The highest BCUT2D eigenvalue weighted by molar-refractivity contribution is 8.00. The molecule has 0 radical (unpaired) electrons. The standard InChI is InChI=1S/C23H18N2O4S/c26-21-13-30-23(25(21)18-9-10-19-20(12-18)29-14-28-19)16-7-4-8-17(11-16)24-22(27)15-5-2-1-3-6-15/h1-12,23H,13-14H2,(H,24,27)/t23-/m0/s1. The summed E-state index contributed by atoms with van der Waals surface area (Å²) < 4.78 is 10.8. The number of benzene rings is 3. The van der Waals surface area contributed by atoms with Crippen molar-refractivity contribution in [1.29, 1.82) is 0 Å². The summed E-state index contributed by atoms with van der Waals surface area (Å²) in [4.78, 5) is 26.9. The molecular formula is C23H18N2O4S. The van der Waals surface area contributed by atoms with Gasteiger partial charge in [0.25, 0.3) is 5.91 Å². The fraction of sp³-hybridized carbons (Fsp3) is 0.130. The predicted octanol–water partition coefficient (Wildman–Crippen LogP) is 4.45. The Balaban J connectivity index is 1.41. The molecule has 6 nitrogen and oxygen atoms in total. The number of fused-ring (bicyclic) bond motifs is 1. The van der Waals surface area contributed by atoms with Gasteiger partial charge in [0.05, 0.1) is 5.75 Å². The van der Waals surface area contributed by atoms with E-state index in [0.717, 1.165) is 11.3 Å². The van der Waals surface area contributed by atoms with Crippen LogP contribution in [0.2, 0.25) is 0 Å². The zero-order valence-electron chi connectivity index (χ0n) is 15.9. The Morgan fingerprint density at radius 2 is 1.80 bits per heavy atom. The van der Waals surface area contributed by atoms with E-state index < -0.39 is 0 Å². The summed E-state index contributed by atoms with van der Waals surface area (Å²) in [5, 5.41) is 2.75. The summed E-state index contributed by atoms with van der Waals surface area (Å²) in [5.74, 6) is 1.57. The molecule has 150 valence electrons. The van der Waals surface area contributed by atoms with Crippen LogP contribution in [0.4, 0.5) is 11.4 Å². The van der Waals surface area contributed by atoms with E-state index in [0.29, 0.717) is 28.5 Å². The highest BCUT2D eigenvalue weighted by Gasteiger charge is 2.35. The maximum atomic E-state index is 12.7. The first-order valence-electron chi connectivity index (χ1n) is 9.49. The van der Waals surface area contributed by atoms with E-state index in [-0.39, 0.29) is 24.0 Å². The highest BCUT2D eigenvalue weighted by Crippen LogP contribution is 2.45. The molecule has 30 heavy (non-hydrogen) atoms. The number of hydrogen-bond acceptors (Lipinski definition) is 5. The molecule has 0 unspecified atom stereocenters. The molecule has 7 heteroatoms. The van der Waals surface area contributed by atoms with Gasteiger partial charge in [0, 0.05) is 23.0 Å². The van der Waals surface area contributed by atoms with Gasteiger partial charge in [-0.15, -0.1) is 11.8 Å². The first kappa shape index (κ1) is 18.6. The number of rotatable bonds is 4. The number of hydrogen-bond donors (Lipinski definition) is 1. The number of nitrogens with one attached hydrogen (secondary N) is 1. The molecule has 2 aliphatic heterocycles. The zero-order valence-corrected chi connectivity index (χ0v) is 16.7. The number of anilines is 2. The highest BCUT2D eigenvalue weighted by atomic mass is 32.2. The lowest BCUT2D eigenvalue weighted by atomic mass is 10.1. The molecule has 2 heterocycles. The van der Waals surface area contributed by atoms with Crippen molar-refractivity contribution in [2.75, 3.05) is 22.8 Å². The fourth-order valence-corrected chi connectivity index (χ4v) is 4.71. The summed E-state index contributed by atoms with van der Waals surface area (Å²) in [7, 11) is 0. The second-order valence-electron chi connectivity index (χ2n) is 6.91. The fourth-order valence-electron chi connectivity index (χ4n) is 3.55. The summed E-state index contributed by atoms with van der Waals surface area (Å²) in [6.07, 6.45) is 0. The lowest BCUT2D eigenvalue weighted by Crippen LogP contribution is -2.27. The topological polar surface area (TPSA) is 67.9 Å². The third kappa shape index (κ3) is 3.48. The predicted molar refractivity (Wildman–Crippen MR) is 116 cm³/mol. The van der Waals surface area contributed by atoms with Gasteiger partial charge in [-0.2, -0.15) is 0 Å². The Morgan fingerprint density at radius 1 is 0.967 bits per heavy atom. The molecular weight excluding hydrogens is 400 g/mol. The molecule has 1 saturated heterocycles. The van der Waals surface area contributed by atoms with Crippen LogP contribution in [0.1, 0.15) is 21.3 Å². The van der Waals surface area contributed by atoms with E-state index in [9.17, 15) is 9.59 Å². The van der Waals surface area contributed by atoms with Gasteiger partial charge < -0.3 is 14.8 Å². The lowest BCUT2D eigenvalue weighted by molar-refractivity contribution is -0.115. The van der Waals surface area contributed by atoms with Gasteiger partial charge in [-0.1, -0.05) is 30.3 Å². The molecule has 2 aliphatic rings.